The van der Waals surface area contributed by atoms with E-state index in [2.05, 4.69) is 0 Å². The number of amides is 1. The first-order chi connectivity index (χ1) is 8.52. The van der Waals surface area contributed by atoms with Crippen LogP contribution in [0.3, 0.4) is 0 Å². The number of carbonyl (C=O) groups is 1. The van der Waals surface area contributed by atoms with E-state index in [1.54, 1.807) is 0 Å². The molecule has 1 aromatic rings. The van der Waals surface area contributed by atoms with Crippen LogP contribution in [0.15, 0.2) is 23.1 Å². The zero-order valence-corrected chi connectivity index (χ0v) is 11.1. The summed E-state index contributed by atoms with van der Waals surface area (Å²) < 4.78 is 26.7. The quantitative estimate of drug-likeness (QED) is 0.615. The monoisotopic (exact) mass is 285 g/mol. The van der Waals surface area contributed by atoms with Gasteiger partial charge in [0.25, 0.3) is 5.91 Å². The predicted octanol–water partition coefficient (Wildman–Crippen LogP) is 3.19. The van der Waals surface area contributed by atoms with Crippen LogP contribution >= 0.6 is 24.0 Å². The van der Waals surface area contributed by atoms with Crippen LogP contribution in [0.5, 0.6) is 0 Å². The highest BCUT2D eigenvalue weighted by molar-refractivity contribution is 8.26. The number of rotatable bonds is 2. The Balaban J connectivity index is 2.35. The van der Waals surface area contributed by atoms with Crippen molar-refractivity contribution in [3.05, 3.63) is 40.3 Å². The van der Waals surface area contributed by atoms with E-state index in [1.807, 2.05) is 6.92 Å². The molecule has 0 aliphatic carbocycles. The van der Waals surface area contributed by atoms with Gasteiger partial charge in [-0.25, -0.2) is 8.78 Å². The van der Waals surface area contributed by atoms with Crippen molar-refractivity contribution >= 4 is 40.3 Å². The van der Waals surface area contributed by atoms with Crippen LogP contribution < -0.4 is 0 Å². The number of benzene rings is 1. The van der Waals surface area contributed by atoms with Crippen LogP contribution in [-0.2, 0) is 4.79 Å². The Labute approximate surface area is 113 Å². The Morgan fingerprint density at radius 3 is 2.72 bits per heavy atom. The molecule has 0 aromatic heterocycles. The SMILES string of the molecule is CCN1C(=O)/C(=C/c2ccc(F)cc2F)SC1=S. The second kappa shape index (κ2) is 5.16. The minimum atomic E-state index is -0.697. The normalized spacial score (nSPS) is 17.9. The van der Waals surface area contributed by atoms with Gasteiger partial charge < -0.3 is 0 Å². The summed E-state index contributed by atoms with van der Waals surface area (Å²) in [6.07, 6.45) is 1.39. The molecule has 1 aliphatic rings. The summed E-state index contributed by atoms with van der Waals surface area (Å²) in [7, 11) is 0. The topological polar surface area (TPSA) is 20.3 Å². The highest BCUT2D eigenvalue weighted by atomic mass is 32.2. The van der Waals surface area contributed by atoms with Gasteiger partial charge in [-0.2, -0.15) is 0 Å². The van der Waals surface area contributed by atoms with Gasteiger partial charge in [-0.3, -0.25) is 9.69 Å². The first-order valence-electron chi connectivity index (χ1n) is 5.23. The standard InChI is InChI=1S/C12H9F2NOS2/c1-2-15-11(16)10(18-12(15)17)5-7-3-4-8(13)6-9(7)14/h3-6H,2H2,1H3/b10-5-. The van der Waals surface area contributed by atoms with E-state index in [0.29, 0.717) is 15.8 Å². The van der Waals surface area contributed by atoms with Gasteiger partial charge in [0.1, 0.15) is 16.0 Å². The van der Waals surface area contributed by atoms with Gasteiger partial charge in [-0.1, -0.05) is 24.0 Å². The van der Waals surface area contributed by atoms with Gasteiger partial charge in [0.15, 0.2) is 0 Å². The van der Waals surface area contributed by atoms with E-state index in [1.165, 1.54) is 17.0 Å². The van der Waals surface area contributed by atoms with Crippen LogP contribution in [0.25, 0.3) is 6.08 Å². The van der Waals surface area contributed by atoms with E-state index < -0.39 is 11.6 Å². The molecule has 6 heteroatoms. The fourth-order valence-electron chi connectivity index (χ4n) is 1.53. The minimum absolute atomic E-state index is 0.174. The molecular formula is C12H9F2NOS2. The van der Waals surface area contributed by atoms with Crippen molar-refractivity contribution in [1.29, 1.82) is 0 Å². The number of hydrogen-bond donors (Lipinski definition) is 0. The fourth-order valence-corrected chi connectivity index (χ4v) is 2.91. The molecular weight excluding hydrogens is 276 g/mol. The van der Waals surface area contributed by atoms with Crippen LogP contribution in [0, 0.1) is 11.6 Å². The number of carbonyl (C=O) groups excluding carboxylic acids is 1. The van der Waals surface area contributed by atoms with Gasteiger partial charge in [0.2, 0.25) is 0 Å². The molecule has 1 heterocycles. The van der Waals surface area contributed by atoms with Gasteiger partial charge in [0.05, 0.1) is 4.91 Å². The Kier molecular flexibility index (Phi) is 3.77. The van der Waals surface area contributed by atoms with E-state index >= 15 is 0 Å². The molecule has 94 valence electrons. The summed E-state index contributed by atoms with van der Waals surface area (Å²) >= 11 is 6.16. The number of likely N-dealkylation sites (N-methyl/N-ethyl adjacent to an activating group) is 1. The number of hydrogen-bond acceptors (Lipinski definition) is 3. The predicted molar refractivity (Wildman–Crippen MR) is 71.9 cm³/mol. The third kappa shape index (κ3) is 2.44. The average molecular weight is 285 g/mol. The lowest BCUT2D eigenvalue weighted by Gasteiger charge is -2.09. The van der Waals surface area contributed by atoms with Crippen molar-refractivity contribution in [2.24, 2.45) is 0 Å². The Morgan fingerprint density at radius 1 is 1.44 bits per heavy atom. The molecule has 0 unspecified atom stereocenters. The van der Waals surface area contributed by atoms with Gasteiger partial charge in [0, 0.05) is 18.2 Å². The first kappa shape index (κ1) is 13.2. The molecule has 2 nitrogen and oxygen atoms in total. The summed E-state index contributed by atoms with van der Waals surface area (Å²) in [6.45, 7) is 2.29. The summed E-state index contributed by atoms with van der Waals surface area (Å²) in [4.78, 5) is 13.7. The van der Waals surface area contributed by atoms with Crippen molar-refractivity contribution in [3.8, 4) is 0 Å². The molecule has 0 atom stereocenters. The number of thiocarbonyl (C=S) groups is 1. The summed E-state index contributed by atoms with van der Waals surface area (Å²) in [6, 6.07) is 3.23. The molecule has 18 heavy (non-hydrogen) atoms. The molecule has 2 rings (SSSR count). The zero-order valence-electron chi connectivity index (χ0n) is 9.44. The largest absolute Gasteiger partial charge is 0.293 e. The van der Waals surface area contributed by atoms with Crippen molar-refractivity contribution in [2.75, 3.05) is 6.54 Å². The summed E-state index contributed by atoms with van der Waals surface area (Å²) in [5.74, 6) is -1.58. The van der Waals surface area contributed by atoms with Crippen molar-refractivity contribution in [3.63, 3.8) is 0 Å². The van der Waals surface area contributed by atoms with E-state index in [9.17, 15) is 13.6 Å². The fraction of sp³-hybridized carbons (Fsp3) is 0.167. The maximum atomic E-state index is 13.5. The van der Waals surface area contributed by atoms with Crippen molar-refractivity contribution < 1.29 is 13.6 Å². The van der Waals surface area contributed by atoms with Crippen LogP contribution in [0.4, 0.5) is 8.78 Å². The van der Waals surface area contributed by atoms with Gasteiger partial charge >= 0.3 is 0 Å². The van der Waals surface area contributed by atoms with E-state index in [4.69, 9.17) is 12.2 Å². The Bertz CT molecular complexity index is 557. The van der Waals surface area contributed by atoms with E-state index in [-0.39, 0.29) is 11.5 Å². The summed E-state index contributed by atoms with van der Waals surface area (Å²) in [5.41, 5.74) is 0.174. The molecule has 0 spiro atoms. The highest BCUT2D eigenvalue weighted by Crippen LogP contribution is 2.32. The molecule has 1 aliphatic heterocycles. The van der Waals surface area contributed by atoms with Crippen molar-refractivity contribution in [2.45, 2.75) is 6.92 Å². The molecule has 1 aromatic carbocycles. The van der Waals surface area contributed by atoms with Crippen molar-refractivity contribution in [1.82, 2.24) is 4.90 Å². The maximum Gasteiger partial charge on any atom is 0.266 e. The molecule has 0 radical (unpaired) electrons. The third-order valence-electron chi connectivity index (χ3n) is 2.44. The lowest BCUT2D eigenvalue weighted by Crippen LogP contribution is -2.27. The third-order valence-corrected chi connectivity index (χ3v) is 3.82. The Morgan fingerprint density at radius 2 is 2.17 bits per heavy atom. The van der Waals surface area contributed by atoms with Crippen LogP contribution in [-0.4, -0.2) is 21.7 Å². The first-order valence-corrected chi connectivity index (χ1v) is 6.46. The van der Waals surface area contributed by atoms with E-state index in [0.717, 1.165) is 23.9 Å². The molecule has 1 fully saturated rings. The molecule has 1 saturated heterocycles. The molecule has 0 N–H and O–H groups in total. The zero-order chi connectivity index (χ0) is 13.3. The number of thioether (sulfide) groups is 1. The molecule has 0 saturated carbocycles. The number of halogens is 2. The molecule has 1 amide bonds. The summed E-state index contributed by atoms with van der Waals surface area (Å²) in [5, 5.41) is 0. The second-order valence-corrected chi connectivity index (χ2v) is 5.27. The maximum absolute atomic E-state index is 13.5. The second-order valence-electron chi connectivity index (χ2n) is 3.59. The lowest BCUT2D eigenvalue weighted by atomic mass is 10.2. The minimum Gasteiger partial charge on any atom is -0.293 e. The van der Waals surface area contributed by atoms with Crippen LogP contribution in [0.1, 0.15) is 12.5 Å². The number of nitrogens with zero attached hydrogens (tertiary/aromatic N) is 1. The smallest absolute Gasteiger partial charge is 0.266 e. The molecule has 0 bridgehead atoms. The van der Waals surface area contributed by atoms with Gasteiger partial charge in [-0.15, -0.1) is 0 Å². The average Bonchev–Trinajstić information content (AvgIpc) is 2.58. The van der Waals surface area contributed by atoms with Gasteiger partial charge in [-0.05, 0) is 25.1 Å². The highest BCUT2D eigenvalue weighted by Gasteiger charge is 2.30. The Hall–Kier alpha value is -1.27. The lowest BCUT2D eigenvalue weighted by molar-refractivity contribution is -0.121. The van der Waals surface area contributed by atoms with Crippen LogP contribution in [0.2, 0.25) is 0 Å².